The van der Waals surface area contributed by atoms with Crippen LogP contribution >= 0.6 is 0 Å². The van der Waals surface area contributed by atoms with Crippen molar-refractivity contribution in [3.8, 4) is 0 Å². The van der Waals surface area contributed by atoms with Crippen LogP contribution in [-0.2, 0) is 9.53 Å². The molecule has 4 aliphatic carbocycles. The molecule has 3 heteroatoms. The van der Waals surface area contributed by atoms with Gasteiger partial charge in [0.15, 0.2) is 0 Å². The third-order valence-electron chi connectivity index (χ3n) is 9.16. The van der Waals surface area contributed by atoms with E-state index in [1.165, 1.54) is 44.9 Å². The van der Waals surface area contributed by atoms with E-state index in [2.05, 4.69) is 13.8 Å². The molecule has 3 unspecified atom stereocenters. The Labute approximate surface area is 146 Å². The van der Waals surface area contributed by atoms with E-state index in [0.717, 1.165) is 24.7 Å². The van der Waals surface area contributed by atoms with E-state index in [0.29, 0.717) is 23.9 Å². The summed E-state index contributed by atoms with van der Waals surface area (Å²) in [6.45, 7) is 5.05. The van der Waals surface area contributed by atoms with E-state index in [9.17, 15) is 9.90 Å². The van der Waals surface area contributed by atoms with Crippen LogP contribution in [0.15, 0.2) is 0 Å². The van der Waals surface area contributed by atoms with Gasteiger partial charge in [-0.3, -0.25) is 4.79 Å². The fourth-order valence-corrected chi connectivity index (χ4v) is 8.28. The van der Waals surface area contributed by atoms with Crippen molar-refractivity contribution in [2.75, 3.05) is 13.7 Å². The van der Waals surface area contributed by atoms with E-state index in [1.807, 2.05) is 0 Å². The zero-order chi connectivity index (χ0) is 17.2. The molecule has 0 heterocycles. The SMILES string of the molecule is COC(=O)[C@]1(C)CCC[C@@]2(C)C3CC[C@H]4CC3(CCC21)C[C@@H]4CO. The molecule has 0 aromatic rings. The quantitative estimate of drug-likeness (QED) is 0.771. The summed E-state index contributed by atoms with van der Waals surface area (Å²) >= 11 is 0. The molecule has 0 radical (unpaired) electrons. The molecule has 4 saturated carbocycles. The lowest BCUT2D eigenvalue weighted by Crippen LogP contribution is -2.58. The second-order valence-corrected chi connectivity index (χ2v) is 9.96. The number of carbonyl (C=O) groups excluding carboxylic acids is 1. The van der Waals surface area contributed by atoms with Crippen LogP contribution in [0.5, 0.6) is 0 Å². The van der Waals surface area contributed by atoms with E-state index in [-0.39, 0.29) is 16.8 Å². The van der Waals surface area contributed by atoms with Crippen molar-refractivity contribution in [2.24, 2.45) is 39.9 Å². The molecule has 0 aliphatic heterocycles. The number of hydrogen-bond donors (Lipinski definition) is 1. The molecule has 2 bridgehead atoms. The van der Waals surface area contributed by atoms with Crippen molar-refractivity contribution in [2.45, 2.75) is 71.6 Å². The zero-order valence-electron chi connectivity index (χ0n) is 15.6. The van der Waals surface area contributed by atoms with Gasteiger partial charge in [0.2, 0.25) is 0 Å². The van der Waals surface area contributed by atoms with Gasteiger partial charge >= 0.3 is 5.97 Å². The smallest absolute Gasteiger partial charge is 0.311 e. The van der Waals surface area contributed by atoms with Crippen LogP contribution in [0.25, 0.3) is 0 Å². The molecule has 0 aromatic carbocycles. The largest absolute Gasteiger partial charge is 0.469 e. The first-order chi connectivity index (χ1) is 11.4. The number of aliphatic hydroxyl groups is 1. The third kappa shape index (κ3) is 2.03. The first-order valence-corrected chi connectivity index (χ1v) is 10.1. The van der Waals surface area contributed by atoms with Crippen LogP contribution in [-0.4, -0.2) is 24.8 Å². The summed E-state index contributed by atoms with van der Waals surface area (Å²) in [5.41, 5.74) is 0.430. The number of esters is 1. The molecule has 1 N–H and O–H groups in total. The second-order valence-electron chi connectivity index (χ2n) is 9.96. The van der Waals surface area contributed by atoms with Crippen LogP contribution < -0.4 is 0 Å². The van der Waals surface area contributed by atoms with Crippen molar-refractivity contribution >= 4 is 5.97 Å². The highest BCUT2D eigenvalue weighted by Crippen LogP contribution is 2.72. The van der Waals surface area contributed by atoms with Gasteiger partial charge in [-0.15, -0.1) is 0 Å². The van der Waals surface area contributed by atoms with E-state index in [1.54, 1.807) is 7.11 Å². The van der Waals surface area contributed by atoms with Crippen molar-refractivity contribution in [3.63, 3.8) is 0 Å². The molecule has 0 amide bonds. The van der Waals surface area contributed by atoms with Gasteiger partial charge < -0.3 is 9.84 Å². The summed E-state index contributed by atoms with van der Waals surface area (Å²) in [4.78, 5) is 12.6. The Kier molecular flexibility index (Phi) is 3.84. The summed E-state index contributed by atoms with van der Waals surface area (Å²) in [6, 6.07) is 0. The number of rotatable bonds is 2. The molecule has 4 rings (SSSR count). The molecule has 3 nitrogen and oxygen atoms in total. The Balaban J connectivity index is 1.69. The van der Waals surface area contributed by atoms with Crippen molar-refractivity contribution in [1.82, 2.24) is 0 Å². The van der Waals surface area contributed by atoms with Gasteiger partial charge in [0.05, 0.1) is 12.5 Å². The first-order valence-electron chi connectivity index (χ1n) is 10.1. The highest BCUT2D eigenvalue weighted by atomic mass is 16.5. The Hall–Kier alpha value is -0.570. The van der Waals surface area contributed by atoms with Gasteiger partial charge in [0, 0.05) is 6.61 Å². The Morgan fingerprint density at radius 2 is 1.88 bits per heavy atom. The molecule has 24 heavy (non-hydrogen) atoms. The number of hydrogen-bond acceptors (Lipinski definition) is 3. The molecule has 0 saturated heterocycles. The Bertz CT molecular complexity index is 531. The lowest BCUT2D eigenvalue weighted by Gasteiger charge is -2.63. The number of carbonyl (C=O) groups is 1. The predicted octanol–water partition coefficient (Wildman–Crippen LogP) is 4.18. The van der Waals surface area contributed by atoms with Gasteiger partial charge in [-0.1, -0.05) is 13.3 Å². The van der Waals surface area contributed by atoms with Crippen molar-refractivity contribution < 1.29 is 14.6 Å². The molecular weight excluding hydrogens is 300 g/mol. The molecule has 136 valence electrons. The highest BCUT2D eigenvalue weighted by Gasteiger charge is 2.65. The Morgan fingerprint density at radius 1 is 1.08 bits per heavy atom. The fourth-order valence-electron chi connectivity index (χ4n) is 8.28. The maximum Gasteiger partial charge on any atom is 0.311 e. The lowest BCUT2D eigenvalue weighted by atomic mass is 9.41. The minimum absolute atomic E-state index is 0.0164. The second kappa shape index (κ2) is 5.46. The van der Waals surface area contributed by atoms with E-state index in [4.69, 9.17) is 4.74 Å². The summed E-state index contributed by atoms with van der Waals surface area (Å²) in [5, 5.41) is 9.82. The molecule has 4 aliphatic rings. The Morgan fingerprint density at radius 3 is 2.58 bits per heavy atom. The van der Waals surface area contributed by atoms with E-state index < -0.39 is 0 Å². The summed E-state index contributed by atoms with van der Waals surface area (Å²) < 4.78 is 5.24. The summed E-state index contributed by atoms with van der Waals surface area (Å²) in [6.07, 6.45) is 11.0. The van der Waals surface area contributed by atoms with Crippen LogP contribution in [0.4, 0.5) is 0 Å². The van der Waals surface area contributed by atoms with Crippen LogP contribution in [0.2, 0.25) is 0 Å². The van der Waals surface area contributed by atoms with Gasteiger partial charge in [0.1, 0.15) is 0 Å². The molecule has 7 atom stereocenters. The van der Waals surface area contributed by atoms with Crippen LogP contribution in [0.3, 0.4) is 0 Å². The fraction of sp³-hybridized carbons (Fsp3) is 0.952. The van der Waals surface area contributed by atoms with Gasteiger partial charge in [-0.05, 0) is 92.8 Å². The third-order valence-corrected chi connectivity index (χ3v) is 9.16. The van der Waals surface area contributed by atoms with Crippen molar-refractivity contribution in [1.29, 1.82) is 0 Å². The molecule has 1 spiro atoms. The topological polar surface area (TPSA) is 46.5 Å². The van der Waals surface area contributed by atoms with Crippen molar-refractivity contribution in [3.05, 3.63) is 0 Å². The number of fused-ring (bicyclic) bond motifs is 3. The maximum absolute atomic E-state index is 12.6. The number of ether oxygens (including phenoxy) is 1. The minimum atomic E-state index is -0.296. The van der Waals surface area contributed by atoms with E-state index >= 15 is 0 Å². The first kappa shape index (κ1) is 16.9. The molecule has 0 aromatic heterocycles. The van der Waals surface area contributed by atoms with Gasteiger partial charge in [0.25, 0.3) is 0 Å². The molecular formula is C21H34O3. The van der Waals surface area contributed by atoms with Crippen LogP contribution in [0.1, 0.15) is 71.6 Å². The van der Waals surface area contributed by atoms with Gasteiger partial charge in [-0.25, -0.2) is 0 Å². The number of aliphatic hydroxyl groups excluding tert-OH is 1. The molecule has 4 fully saturated rings. The average Bonchev–Trinajstić information content (AvgIpc) is 2.84. The monoisotopic (exact) mass is 334 g/mol. The minimum Gasteiger partial charge on any atom is -0.469 e. The van der Waals surface area contributed by atoms with Gasteiger partial charge in [-0.2, -0.15) is 0 Å². The average molecular weight is 335 g/mol. The summed E-state index contributed by atoms with van der Waals surface area (Å²) in [5.74, 6) is 2.50. The lowest BCUT2D eigenvalue weighted by molar-refractivity contribution is -0.183. The normalized spacial score (nSPS) is 53.2. The van der Waals surface area contributed by atoms with Crippen LogP contribution in [0, 0.1) is 39.9 Å². The maximum atomic E-state index is 12.6. The zero-order valence-corrected chi connectivity index (χ0v) is 15.6. The highest BCUT2D eigenvalue weighted by molar-refractivity contribution is 5.77. The summed E-state index contributed by atoms with van der Waals surface area (Å²) in [7, 11) is 1.55. The predicted molar refractivity (Wildman–Crippen MR) is 93.3 cm³/mol. The number of methoxy groups -OCH3 is 1. The standard InChI is InChI=1S/C21H34O3/c1-19-8-4-9-20(2,18(23)24-3)16(19)7-10-21-11-14(5-6-17(19)21)15(12-21)13-22/h14-17,22H,4-13H2,1-3H3/t14-,15+,16?,17?,19+,20+,21?/m0/s1.